The first-order chi connectivity index (χ1) is 6.65. The van der Waals surface area contributed by atoms with Crippen LogP contribution in [0.1, 0.15) is 33.1 Å². The molecule has 0 aromatic carbocycles. The maximum absolute atomic E-state index is 11.1. The van der Waals surface area contributed by atoms with Gasteiger partial charge in [0.25, 0.3) is 0 Å². The lowest BCUT2D eigenvalue weighted by Crippen LogP contribution is -2.38. The third kappa shape index (κ3) is 5.19. The first kappa shape index (κ1) is 13.4. The van der Waals surface area contributed by atoms with E-state index in [1.165, 1.54) is 7.11 Å². The van der Waals surface area contributed by atoms with Gasteiger partial charge in [-0.3, -0.25) is 4.79 Å². The highest BCUT2D eigenvalue weighted by Gasteiger charge is 2.15. The molecule has 0 aliphatic rings. The molecule has 2 N–H and O–H groups in total. The van der Waals surface area contributed by atoms with Gasteiger partial charge in [-0.05, 0) is 25.8 Å². The number of aliphatic hydroxyl groups excluding tert-OH is 1. The van der Waals surface area contributed by atoms with Crippen molar-refractivity contribution in [2.75, 3.05) is 13.7 Å². The van der Waals surface area contributed by atoms with Gasteiger partial charge in [0.2, 0.25) is 0 Å². The van der Waals surface area contributed by atoms with E-state index in [9.17, 15) is 9.90 Å². The number of carbonyl (C=O) groups is 1. The van der Waals surface area contributed by atoms with E-state index in [4.69, 9.17) is 0 Å². The predicted octanol–water partition coefficient (Wildman–Crippen LogP) is 0.689. The minimum atomic E-state index is -0.280. The molecule has 0 saturated heterocycles. The summed E-state index contributed by atoms with van der Waals surface area (Å²) in [7, 11) is 1.38. The Labute approximate surface area is 85.6 Å². The molecule has 0 rings (SSSR count). The monoisotopic (exact) mass is 203 g/mol. The average molecular weight is 203 g/mol. The first-order valence-corrected chi connectivity index (χ1v) is 5.14. The van der Waals surface area contributed by atoms with Crippen LogP contribution in [0.5, 0.6) is 0 Å². The maximum atomic E-state index is 11.1. The smallest absolute Gasteiger partial charge is 0.322 e. The molecular weight excluding hydrogens is 182 g/mol. The third-order valence-corrected chi connectivity index (χ3v) is 2.23. The van der Waals surface area contributed by atoms with Crippen LogP contribution >= 0.6 is 0 Å². The van der Waals surface area contributed by atoms with Crippen LogP contribution < -0.4 is 5.32 Å². The fraction of sp³-hybridized carbons (Fsp3) is 0.900. The molecule has 0 heterocycles. The fourth-order valence-corrected chi connectivity index (χ4v) is 1.16. The summed E-state index contributed by atoms with van der Waals surface area (Å²) < 4.78 is 4.62. The van der Waals surface area contributed by atoms with Gasteiger partial charge in [-0.25, -0.2) is 0 Å². The second-order valence-corrected chi connectivity index (χ2v) is 3.29. The highest BCUT2D eigenvalue weighted by molar-refractivity contribution is 5.75. The van der Waals surface area contributed by atoms with Crippen LogP contribution in [0.2, 0.25) is 0 Å². The van der Waals surface area contributed by atoms with Crippen molar-refractivity contribution in [2.45, 2.75) is 45.3 Å². The van der Waals surface area contributed by atoms with Crippen LogP contribution in [0.3, 0.4) is 0 Å². The number of rotatable bonds is 7. The number of hydrogen-bond acceptors (Lipinski definition) is 4. The molecule has 0 bridgehead atoms. The zero-order valence-corrected chi connectivity index (χ0v) is 9.25. The molecule has 0 amide bonds. The largest absolute Gasteiger partial charge is 0.468 e. The van der Waals surface area contributed by atoms with E-state index < -0.39 is 0 Å². The van der Waals surface area contributed by atoms with Crippen molar-refractivity contribution in [3.8, 4) is 0 Å². The van der Waals surface area contributed by atoms with E-state index >= 15 is 0 Å². The number of hydrogen-bond donors (Lipinski definition) is 2. The van der Waals surface area contributed by atoms with Gasteiger partial charge in [-0.2, -0.15) is 0 Å². The van der Waals surface area contributed by atoms with E-state index in [0.29, 0.717) is 19.4 Å². The lowest BCUT2D eigenvalue weighted by molar-refractivity contribution is -0.143. The molecule has 14 heavy (non-hydrogen) atoms. The Balaban J connectivity index is 3.68. The standard InChI is InChI=1S/C10H21NO3/c1-4-8(12)6-7-11-9(5-2)10(13)14-3/h8-9,11-12H,4-7H2,1-3H3. The first-order valence-electron chi connectivity index (χ1n) is 5.14. The number of carbonyl (C=O) groups excluding carboxylic acids is 1. The van der Waals surface area contributed by atoms with E-state index in [1.54, 1.807) is 0 Å². The van der Waals surface area contributed by atoms with Gasteiger partial charge in [0.05, 0.1) is 13.2 Å². The third-order valence-electron chi connectivity index (χ3n) is 2.23. The van der Waals surface area contributed by atoms with Crippen LogP contribution in [0, 0.1) is 0 Å². The Kier molecular flexibility index (Phi) is 7.42. The molecular formula is C10H21NO3. The molecule has 0 saturated carbocycles. The van der Waals surface area contributed by atoms with Gasteiger partial charge >= 0.3 is 5.97 Å². The quantitative estimate of drug-likeness (QED) is 0.598. The summed E-state index contributed by atoms with van der Waals surface area (Å²) in [6.45, 7) is 4.50. The van der Waals surface area contributed by atoms with Crippen LogP contribution in [-0.4, -0.2) is 36.9 Å². The average Bonchev–Trinajstić information content (AvgIpc) is 2.22. The van der Waals surface area contributed by atoms with Crippen molar-refractivity contribution >= 4 is 5.97 Å². The second-order valence-electron chi connectivity index (χ2n) is 3.29. The maximum Gasteiger partial charge on any atom is 0.322 e. The van der Waals surface area contributed by atoms with Gasteiger partial charge in [0.15, 0.2) is 0 Å². The van der Waals surface area contributed by atoms with Gasteiger partial charge < -0.3 is 15.2 Å². The molecule has 4 nitrogen and oxygen atoms in total. The summed E-state index contributed by atoms with van der Waals surface area (Å²) in [5.41, 5.74) is 0. The Morgan fingerprint density at radius 3 is 2.50 bits per heavy atom. The number of ether oxygens (including phenoxy) is 1. The molecule has 0 aliphatic heterocycles. The molecule has 0 fully saturated rings. The highest BCUT2D eigenvalue weighted by atomic mass is 16.5. The van der Waals surface area contributed by atoms with Crippen LogP contribution in [-0.2, 0) is 9.53 Å². The molecule has 2 atom stereocenters. The van der Waals surface area contributed by atoms with E-state index in [2.05, 4.69) is 10.1 Å². The van der Waals surface area contributed by atoms with Gasteiger partial charge in [-0.1, -0.05) is 13.8 Å². The molecule has 84 valence electrons. The summed E-state index contributed by atoms with van der Waals surface area (Å²) >= 11 is 0. The van der Waals surface area contributed by atoms with Gasteiger partial charge in [0, 0.05) is 0 Å². The lowest BCUT2D eigenvalue weighted by Gasteiger charge is -2.15. The van der Waals surface area contributed by atoms with Crippen molar-refractivity contribution in [1.82, 2.24) is 5.32 Å². The van der Waals surface area contributed by atoms with Crippen molar-refractivity contribution < 1.29 is 14.6 Å². The number of aliphatic hydroxyl groups is 1. The topological polar surface area (TPSA) is 58.6 Å². The molecule has 0 radical (unpaired) electrons. The molecule has 2 unspecified atom stereocenters. The van der Waals surface area contributed by atoms with Gasteiger partial charge in [0.1, 0.15) is 6.04 Å². The van der Waals surface area contributed by atoms with Crippen molar-refractivity contribution in [3.05, 3.63) is 0 Å². The number of methoxy groups -OCH3 is 1. The van der Waals surface area contributed by atoms with E-state index in [1.807, 2.05) is 13.8 Å². The normalized spacial score (nSPS) is 14.9. The predicted molar refractivity (Wildman–Crippen MR) is 55.0 cm³/mol. The van der Waals surface area contributed by atoms with Crippen molar-refractivity contribution in [1.29, 1.82) is 0 Å². The zero-order valence-electron chi connectivity index (χ0n) is 9.25. The second kappa shape index (κ2) is 7.76. The van der Waals surface area contributed by atoms with Gasteiger partial charge in [-0.15, -0.1) is 0 Å². The lowest BCUT2D eigenvalue weighted by atomic mass is 10.2. The Morgan fingerprint density at radius 2 is 2.07 bits per heavy atom. The summed E-state index contributed by atoms with van der Waals surface area (Å²) in [5, 5.41) is 12.3. The van der Waals surface area contributed by atoms with Crippen molar-refractivity contribution in [3.63, 3.8) is 0 Å². The summed E-state index contributed by atoms with van der Waals surface area (Å²) in [6, 6.07) is -0.246. The summed E-state index contributed by atoms with van der Waals surface area (Å²) in [5.74, 6) is -0.238. The molecule has 0 spiro atoms. The Bertz CT molecular complexity index is 161. The molecule has 4 heteroatoms. The fourth-order valence-electron chi connectivity index (χ4n) is 1.16. The Hall–Kier alpha value is -0.610. The van der Waals surface area contributed by atoms with Crippen LogP contribution in [0.4, 0.5) is 0 Å². The van der Waals surface area contributed by atoms with Crippen molar-refractivity contribution in [2.24, 2.45) is 0 Å². The minimum absolute atomic E-state index is 0.238. The van der Waals surface area contributed by atoms with Crippen LogP contribution in [0.15, 0.2) is 0 Å². The van der Waals surface area contributed by atoms with E-state index in [-0.39, 0.29) is 18.1 Å². The SMILES string of the molecule is CCC(O)CCNC(CC)C(=O)OC. The molecule has 0 aromatic rings. The number of nitrogens with one attached hydrogen (secondary N) is 1. The molecule has 0 aliphatic carbocycles. The Morgan fingerprint density at radius 1 is 1.43 bits per heavy atom. The zero-order chi connectivity index (χ0) is 11.0. The molecule has 0 aromatic heterocycles. The van der Waals surface area contributed by atoms with E-state index in [0.717, 1.165) is 6.42 Å². The highest BCUT2D eigenvalue weighted by Crippen LogP contribution is 1.98. The number of esters is 1. The van der Waals surface area contributed by atoms with Crippen LogP contribution in [0.25, 0.3) is 0 Å². The minimum Gasteiger partial charge on any atom is -0.468 e. The summed E-state index contributed by atoms with van der Waals surface area (Å²) in [6.07, 6.45) is 1.84. The summed E-state index contributed by atoms with van der Waals surface area (Å²) in [4.78, 5) is 11.1.